The average molecular weight is 338 g/mol. The fourth-order valence-electron chi connectivity index (χ4n) is 2.82. The van der Waals surface area contributed by atoms with Crippen LogP contribution in [0.4, 0.5) is 0 Å². The van der Waals surface area contributed by atoms with Crippen LogP contribution in [0.2, 0.25) is 0 Å². The summed E-state index contributed by atoms with van der Waals surface area (Å²) in [5.41, 5.74) is 2.83. The summed E-state index contributed by atoms with van der Waals surface area (Å²) in [6, 6.07) is 6.06. The minimum absolute atomic E-state index is 0.126. The number of benzene rings is 1. The molecule has 0 radical (unpaired) electrons. The number of fused-ring (bicyclic) bond motifs is 1. The summed E-state index contributed by atoms with van der Waals surface area (Å²) >= 11 is 0. The fourth-order valence-corrected chi connectivity index (χ4v) is 2.82. The summed E-state index contributed by atoms with van der Waals surface area (Å²) in [5, 5.41) is 31.9. The molecule has 0 saturated heterocycles. The second-order valence-electron chi connectivity index (χ2n) is 5.68. The molecule has 126 valence electrons. The van der Waals surface area contributed by atoms with E-state index >= 15 is 0 Å². The van der Waals surface area contributed by atoms with Crippen LogP contribution in [0.1, 0.15) is 16.1 Å². The second kappa shape index (κ2) is 5.52. The van der Waals surface area contributed by atoms with Crippen molar-refractivity contribution in [3.05, 3.63) is 41.7 Å². The van der Waals surface area contributed by atoms with Gasteiger partial charge in [0.15, 0.2) is 17.3 Å². The van der Waals surface area contributed by atoms with Crippen LogP contribution in [0.5, 0.6) is 17.2 Å². The number of aromatic hydroxyl groups is 3. The first-order valence-corrected chi connectivity index (χ1v) is 7.62. The first-order chi connectivity index (χ1) is 12.0. The third-order valence-corrected chi connectivity index (χ3v) is 4.11. The summed E-state index contributed by atoms with van der Waals surface area (Å²) in [5.74, 6) is -1.50. The van der Waals surface area contributed by atoms with Crippen molar-refractivity contribution >= 4 is 5.91 Å². The summed E-state index contributed by atoms with van der Waals surface area (Å²) in [6.07, 6.45) is 2.23. The Hall–Kier alpha value is -3.55. The summed E-state index contributed by atoms with van der Waals surface area (Å²) in [7, 11) is 0. The van der Waals surface area contributed by atoms with Gasteiger partial charge in [-0.05, 0) is 24.3 Å². The van der Waals surface area contributed by atoms with Crippen molar-refractivity contribution < 1.29 is 20.1 Å². The molecule has 1 aromatic carbocycles. The van der Waals surface area contributed by atoms with Gasteiger partial charge < -0.3 is 25.6 Å². The lowest BCUT2D eigenvalue weighted by Crippen LogP contribution is -2.31. The van der Waals surface area contributed by atoms with E-state index in [1.165, 1.54) is 18.3 Å². The highest BCUT2D eigenvalue weighted by Gasteiger charge is 2.21. The first kappa shape index (κ1) is 15.0. The molecule has 8 nitrogen and oxygen atoms in total. The number of aromatic amines is 1. The van der Waals surface area contributed by atoms with Gasteiger partial charge in [0.25, 0.3) is 5.91 Å². The van der Waals surface area contributed by atoms with E-state index in [0.29, 0.717) is 29.9 Å². The maximum absolute atomic E-state index is 11.9. The van der Waals surface area contributed by atoms with E-state index in [1.54, 1.807) is 12.1 Å². The van der Waals surface area contributed by atoms with Crippen molar-refractivity contribution in [2.75, 3.05) is 6.54 Å². The van der Waals surface area contributed by atoms with Crippen molar-refractivity contribution in [2.45, 2.75) is 6.42 Å². The maximum atomic E-state index is 11.9. The Labute approximate surface area is 141 Å². The number of rotatable bonds is 2. The molecular formula is C17H14N4O4. The van der Waals surface area contributed by atoms with Gasteiger partial charge in [0.2, 0.25) is 5.75 Å². The molecule has 1 aliphatic heterocycles. The Morgan fingerprint density at radius 1 is 1.04 bits per heavy atom. The van der Waals surface area contributed by atoms with Gasteiger partial charge in [-0.25, -0.2) is 9.97 Å². The number of aromatic nitrogens is 3. The third-order valence-electron chi connectivity index (χ3n) is 4.11. The lowest BCUT2D eigenvalue weighted by Gasteiger charge is -2.10. The van der Waals surface area contributed by atoms with Crippen molar-refractivity contribution in [3.63, 3.8) is 0 Å². The van der Waals surface area contributed by atoms with Crippen molar-refractivity contribution in [1.29, 1.82) is 0 Å². The van der Waals surface area contributed by atoms with Gasteiger partial charge in [-0.15, -0.1) is 0 Å². The number of hydrogen-bond acceptors (Lipinski definition) is 6. The SMILES string of the molecule is O=C1NCCc2[nH]c(-c3ccnc(-c4ccc(O)c(O)c4O)n3)cc21. The number of phenols is 3. The average Bonchev–Trinajstić information content (AvgIpc) is 3.06. The number of phenolic OH excluding ortho intramolecular Hbond substituents is 3. The smallest absolute Gasteiger partial charge is 0.253 e. The zero-order chi connectivity index (χ0) is 17.6. The molecule has 0 spiro atoms. The molecule has 4 rings (SSSR count). The molecule has 0 aliphatic carbocycles. The molecule has 0 saturated carbocycles. The Morgan fingerprint density at radius 3 is 2.68 bits per heavy atom. The van der Waals surface area contributed by atoms with Gasteiger partial charge in [-0.1, -0.05) is 0 Å². The van der Waals surface area contributed by atoms with E-state index in [2.05, 4.69) is 20.3 Å². The molecule has 3 heterocycles. The molecule has 2 aromatic heterocycles. The topological polar surface area (TPSA) is 131 Å². The zero-order valence-electron chi connectivity index (χ0n) is 12.9. The molecule has 0 fully saturated rings. The van der Waals surface area contributed by atoms with Crippen molar-refractivity contribution in [2.24, 2.45) is 0 Å². The minimum atomic E-state index is -0.626. The molecule has 1 amide bonds. The standard InChI is InChI=1S/C17H14N4O4/c22-13-2-1-8(14(23)15(13)24)16-18-5-4-11(21-16)12-7-9-10(20-12)3-6-19-17(9)25/h1-2,4-5,7,20,22-24H,3,6H2,(H,19,25). The van der Waals surface area contributed by atoms with E-state index in [-0.39, 0.29) is 17.3 Å². The van der Waals surface area contributed by atoms with Crippen LogP contribution >= 0.6 is 0 Å². The maximum Gasteiger partial charge on any atom is 0.253 e. The number of carbonyl (C=O) groups excluding carboxylic acids is 1. The van der Waals surface area contributed by atoms with Crippen LogP contribution in [0, 0.1) is 0 Å². The fraction of sp³-hybridized carbons (Fsp3) is 0.118. The van der Waals surface area contributed by atoms with Crippen LogP contribution in [0.15, 0.2) is 30.5 Å². The molecule has 0 atom stereocenters. The van der Waals surface area contributed by atoms with Crippen LogP contribution in [0.25, 0.3) is 22.8 Å². The lowest BCUT2D eigenvalue weighted by atomic mass is 10.1. The molecular weight excluding hydrogens is 324 g/mol. The van der Waals surface area contributed by atoms with Gasteiger partial charge in [-0.2, -0.15) is 0 Å². The van der Waals surface area contributed by atoms with E-state index in [1.807, 2.05) is 0 Å². The summed E-state index contributed by atoms with van der Waals surface area (Å²) < 4.78 is 0. The van der Waals surface area contributed by atoms with E-state index < -0.39 is 17.2 Å². The largest absolute Gasteiger partial charge is 0.504 e. The number of H-pyrrole nitrogens is 1. The highest BCUT2D eigenvalue weighted by molar-refractivity contribution is 5.97. The molecule has 1 aliphatic rings. The molecule has 8 heteroatoms. The number of hydrogen-bond donors (Lipinski definition) is 5. The van der Waals surface area contributed by atoms with Gasteiger partial charge in [0.1, 0.15) is 0 Å². The Kier molecular flexibility index (Phi) is 3.31. The van der Waals surface area contributed by atoms with Crippen LogP contribution in [-0.4, -0.2) is 42.7 Å². The van der Waals surface area contributed by atoms with Crippen LogP contribution in [0.3, 0.4) is 0 Å². The number of amides is 1. The lowest BCUT2D eigenvalue weighted by molar-refractivity contribution is 0.0946. The number of nitrogens with zero attached hydrogens (tertiary/aromatic N) is 2. The van der Waals surface area contributed by atoms with E-state index in [9.17, 15) is 20.1 Å². The molecule has 3 aromatic rings. The number of nitrogens with one attached hydrogen (secondary N) is 2. The predicted molar refractivity (Wildman–Crippen MR) is 88.3 cm³/mol. The molecule has 0 bridgehead atoms. The Bertz CT molecular complexity index is 996. The third kappa shape index (κ3) is 2.44. The predicted octanol–water partition coefficient (Wildman–Crippen LogP) is 1.54. The van der Waals surface area contributed by atoms with E-state index in [0.717, 1.165) is 5.69 Å². The van der Waals surface area contributed by atoms with Crippen LogP contribution < -0.4 is 5.32 Å². The van der Waals surface area contributed by atoms with Gasteiger partial charge >= 0.3 is 0 Å². The van der Waals surface area contributed by atoms with Gasteiger partial charge in [-0.3, -0.25) is 4.79 Å². The Morgan fingerprint density at radius 2 is 1.88 bits per heavy atom. The molecule has 5 N–H and O–H groups in total. The normalized spacial score (nSPS) is 13.4. The Balaban J connectivity index is 1.78. The van der Waals surface area contributed by atoms with Gasteiger partial charge in [0.05, 0.1) is 22.5 Å². The van der Waals surface area contributed by atoms with E-state index in [4.69, 9.17) is 0 Å². The number of carbonyl (C=O) groups is 1. The van der Waals surface area contributed by atoms with Crippen molar-refractivity contribution in [3.8, 4) is 40.0 Å². The summed E-state index contributed by atoms with van der Waals surface area (Å²) in [4.78, 5) is 23.6. The van der Waals surface area contributed by atoms with Gasteiger partial charge in [0, 0.05) is 24.9 Å². The quantitative estimate of drug-likeness (QED) is 0.450. The second-order valence-corrected chi connectivity index (χ2v) is 5.68. The molecule has 0 unspecified atom stereocenters. The monoisotopic (exact) mass is 338 g/mol. The summed E-state index contributed by atoms with van der Waals surface area (Å²) in [6.45, 7) is 0.585. The highest BCUT2D eigenvalue weighted by atomic mass is 16.3. The van der Waals surface area contributed by atoms with Crippen LogP contribution in [-0.2, 0) is 6.42 Å². The minimum Gasteiger partial charge on any atom is -0.504 e. The highest BCUT2D eigenvalue weighted by Crippen LogP contribution is 2.41. The molecule has 25 heavy (non-hydrogen) atoms. The first-order valence-electron chi connectivity index (χ1n) is 7.62. The van der Waals surface area contributed by atoms with Crippen molar-refractivity contribution in [1.82, 2.24) is 20.3 Å². The zero-order valence-corrected chi connectivity index (χ0v) is 12.9.